The predicted molar refractivity (Wildman–Crippen MR) is 85.8 cm³/mol. The molecule has 0 spiro atoms. The highest BCUT2D eigenvalue weighted by Gasteiger charge is 2.10. The van der Waals surface area contributed by atoms with Gasteiger partial charge in [0.1, 0.15) is 5.75 Å². The molecule has 112 valence electrons. The minimum absolute atomic E-state index is 0.159. The van der Waals surface area contributed by atoms with Crippen molar-refractivity contribution >= 4 is 28.6 Å². The molecule has 0 aliphatic rings. The summed E-state index contributed by atoms with van der Waals surface area (Å²) in [5.74, 6) is 1.03. The van der Waals surface area contributed by atoms with Crippen molar-refractivity contribution in [3.05, 3.63) is 48.0 Å². The minimum Gasteiger partial charge on any atom is -0.495 e. The zero-order chi connectivity index (χ0) is 15.5. The molecule has 6 nitrogen and oxygen atoms in total. The first-order valence-electron chi connectivity index (χ1n) is 6.83. The number of H-pyrrole nitrogens is 1. The van der Waals surface area contributed by atoms with Gasteiger partial charge in [-0.1, -0.05) is 12.1 Å². The summed E-state index contributed by atoms with van der Waals surface area (Å²) in [5.41, 5.74) is 3.10. The van der Waals surface area contributed by atoms with Crippen LogP contribution in [-0.4, -0.2) is 30.0 Å². The highest BCUT2D eigenvalue weighted by Crippen LogP contribution is 2.28. The van der Waals surface area contributed by atoms with E-state index in [9.17, 15) is 4.79 Å². The summed E-state index contributed by atoms with van der Waals surface area (Å²) >= 11 is 0. The zero-order valence-corrected chi connectivity index (χ0v) is 12.3. The molecular weight excluding hydrogens is 280 g/mol. The fourth-order valence-electron chi connectivity index (χ4n) is 2.22. The van der Waals surface area contributed by atoms with Gasteiger partial charge in [-0.25, -0.2) is 4.98 Å². The van der Waals surface area contributed by atoms with Crippen LogP contribution in [0.4, 0.5) is 11.6 Å². The van der Waals surface area contributed by atoms with Crippen LogP contribution in [0.15, 0.2) is 42.5 Å². The number of hydrogen-bond donors (Lipinski definition) is 3. The molecule has 3 aromatic rings. The second-order valence-corrected chi connectivity index (χ2v) is 4.72. The number of para-hydroxylation sites is 2. The van der Waals surface area contributed by atoms with Gasteiger partial charge in [0.05, 0.1) is 23.8 Å². The Morgan fingerprint density at radius 3 is 2.77 bits per heavy atom. The van der Waals surface area contributed by atoms with Crippen molar-refractivity contribution in [1.29, 1.82) is 0 Å². The molecule has 1 heterocycles. The van der Waals surface area contributed by atoms with E-state index in [1.54, 1.807) is 32.4 Å². The molecule has 0 radical (unpaired) electrons. The molecule has 0 bridgehead atoms. The lowest BCUT2D eigenvalue weighted by atomic mass is 10.1. The van der Waals surface area contributed by atoms with Crippen molar-refractivity contribution in [2.75, 3.05) is 19.5 Å². The molecule has 22 heavy (non-hydrogen) atoms. The van der Waals surface area contributed by atoms with Gasteiger partial charge in [0, 0.05) is 12.6 Å². The summed E-state index contributed by atoms with van der Waals surface area (Å²) in [6, 6.07) is 13.0. The zero-order valence-electron chi connectivity index (χ0n) is 12.3. The lowest BCUT2D eigenvalue weighted by molar-refractivity contribution is 0.0963. The van der Waals surface area contributed by atoms with Crippen LogP contribution in [0, 0.1) is 0 Å². The van der Waals surface area contributed by atoms with E-state index in [0.29, 0.717) is 17.3 Å². The number of methoxy groups -OCH3 is 1. The number of benzene rings is 2. The summed E-state index contributed by atoms with van der Waals surface area (Å²) in [7, 11) is 3.15. The number of carbonyl (C=O) groups excluding carboxylic acids is 1. The summed E-state index contributed by atoms with van der Waals surface area (Å²) in [6.45, 7) is 0. The SMILES string of the molecule is CNC(=O)c1ccc(Nc2nc3ccccc3[nH]2)c(OC)c1. The van der Waals surface area contributed by atoms with Crippen molar-refractivity contribution in [2.45, 2.75) is 0 Å². The van der Waals surface area contributed by atoms with Crippen molar-refractivity contribution < 1.29 is 9.53 Å². The number of carbonyl (C=O) groups is 1. The Kier molecular flexibility index (Phi) is 3.65. The highest BCUT2D eigenvalue weighted by molar-refractivity contribution is 5.95. The quantitative estimate of drug-likeness (QED) is 0.691. The third kappa shape index (κ3) is 2.58. The Morgan fingerprint density at radius 2 is 2.05 bits per heavy atom. The van der Waals surface area contributed by atoms with Crippen molar-refractivity contribution in [3.8, 4) is 5.75 Å². The average Bonchev–Trinajstić information content (AvgIpc) is 2.96. The second-order valence-electron chi connectivity index (χ2n) is 4.72. The number of hydrogen-bond acceptors (Lipinski definition) is 4. The molecule has 0 fully saturated rings. The maximum atomic E-state index is 11.7. The molecule has 0 saturated carbocycles. The Hall–Kier alpha value is -3.02. The van der Waals surface area contributed by atoms with Crippen LogP contribution in [-0.2, 0) is 0 Å². The normalized spacial score (nSPS) is 10.5. The molecule has 1 aromatic heterocycles. The molecule has 3 N–H and O–H groups in total. The summed E-state index contributed by atoms with van der Waals surface area (Å²) in [6.07, 6.45) is 0. The fraction of sp³-hybridized carbons (Fsp3) is 0.125. The summed E-state index contributed by atoms with van der Waals surface area (Å²) in [4.78, 5) is 19.3. The average molecular weight is 296 g/mol. The van der Waals surface area contributed by atoms with Gasteiger partial charge in [-0.3, -0.25) is 4.79 Å². The van der Waals surface area contributed by atoms with E-state index >= 15 is 0 Å². The van der Waals surface area contributed by atoms with Crippen molar-refractivity contribution in [1.82, 2.24) is 15.3 Å². The Bertz CT molecular complexity index is 793. The van der Waals surface area contributed by atoms with Crippen LogP contribution in [0.3, 0.4) is 0 Å². The van der Waals surface area contributed by atoms with Gasteiger partial charge in [-0.05, 0) is 30.3 Å². The first-order valence-corrected chi connectivity index (χ1v) is 6.83. The van der Waals surface area contributed by atoms with E-state index in [4.69, 9.17) is 4.74 Å². The molecule has 3 rings (SSSR count). The number of fused-ring (bicyclic) bond motifs is 1. The van der Waals surface area contributed by atoms with Gasteiger partial charge in [-0.15, -0.1) is 0 Å². The molecule has 6 heteroatoms. The van der Waals surface area contributed by atoms with E-state index in [1.165, 1.54) is 0 Å². The molecule has 1 amide bonds. The summed E-state index contributed by atoms with van der Waals surface area (Å²) in [5, 5.41) is 5.76. The first kappa shape index (κ1) is 13.9. The van der Waals surface area contributed by atoms with Gasteiger partial charge >= 0.3 is 0 Å². The molecule has 0 saturated heterocycles. The number of nitrogens with zero attached hydrogens (tertiary/aromatic N) is 1. The van der Waals surface area contributed by atoms with Crippen molar-refractivity contribution in [2.24, 2.45) is 0 Å². The van der Waals surface area contributed by atoms with Crippen LogP contribution in [0.5, 0.6) is 5.75 Å². The largest absolute Gasteiger partial charge is 0.495 e. The van der Waals surface area contributed by atoms with Gasteiger partial charge in [0.2, 0.25) is 5.95 Å². The van der Waals surface area contributed by atoms with Crippen LogP contribution >= 0.6 is 0 Å². The second kappa shape index (κ2) is 5.77. The van der Waals surface area contributed by atoms with Gasteiger partial charge in [0.15, 0.2) is 0 Å². The van der Waals surface area contributed by atoms with Crippen LogP contribution in [0.25, 0.3) is 11.0 Å². The van der Waals surface area contributed by atoms with E-state index in [1.807, 2.05) is 24.3 Å². The standard InChI is InChI=1S/C16H16N4O2/c1-17-15(21)10-7-8-13(14(9-10)22-2)20-16-18-11-5-3-4-6-12(11)19-16/h3-9H,1-2H3,(H,17,21)(H2,18,19,20). The molecule has 2 aromatic carbocycles. The van der Waals surface area contributed by atoms with Gasteiger partial charge in [0.25, 0.3) is 5.91 Å². The number of rotatable bonds is 4. The monoisotopic (exact) mass is 296 g/mol. The van der Waals surface area contributed by atoms with E-state index in [0.717, 1.165) is 16.7 Å². The molecule has 0 unspecified atom stereocenters. The molecular formula is C16H16N4O2. The smallest absolute Gasteiger partial charge is 0.251 e. The number of aromatic nitrogens is 2. The van der Waals surface area contributed by atoms with E-state index in [-0.39, 0.29) is 5.91 Å². The fourth-order valence-corrected chi connectivity index (χ4v) is 2.22. The number of anilines is 2. The minimum atomic E-state index is -0.159. The van der Waals surface area contributed by atoms with E-state index in [2.05, 4.69) is 20.6 Å². The Morgan fingerprint density at radius 1 is 1.23 bits per heavy atom. The maximum absolute atomic E-state index is 11.7. The summed E-state index contributed by atoms with van der Waals surface area (Å²) < 4.78 is 5.34. The third-order valence-electron chi connectivity index (χ3n) is 3.33. The number of ether oxygens (including phenoxy) is 1. The number of imidazole rings is 1. The molecule has 0 aliphatic heterocycles. The van der Waals surface area contributed by atoms with Crippen molar-refractivity contribution in [3.63, 3.8) is 0 Å². The van der Waals surface area contributed by atoms with Crippen LogP contribution < -0.4 is 15.4 Å². The first-order chi connectivity index (χ1) is 10.7. The molecule has 0 atom stereocenters. The molecule has 0 aliphatic carbocycles. The topological polar surface area (TPSA) is 79.0 Å². The number of amides is 1. The Balaban J connectivity index is 1.92. The van der Waals surface area contributed by atoms with Gasteiger partial charge < -0.3 is 20.4 Å². The lowest BCUT2D eigenvalue weighted by Crippen LogP contribution is -2.17. The number of nitrogens with one attached hydrogen (secondary N) is 3. The number of aromatic amines is 1. The van der Waals surface area contributed by atoms with Crippen LogP contribution in [0.2, 0.25) is 0 Å². The highest BCUT2D eigenvalue weighted by atomic mass is 16.5. The third-order valence-corrected chi connectivity index (χ3v) is 3.33. The maximum Gasteiger partial charge on any atom is 0.251 e. The Labute approximate surface area is 127 Å². The predicted octanol–water partition coefficient (Wildman–Crippen LogP) is 2.67. The van der Waals surface area contributed by atoms with Crippen LogP contribution in [0.1, 0.15) is 10.4 Å². The van der Waals surface area contributed by atoms with Gasteiger partial charge in [-0.2, -0.15) is 0 Å². The van der Waals surface area contributed by atoms with E-state index < -0.39 is 0 Å². The lowest BCUT2D eigenvalue weighted by Gasteiger charge is -2.10.